The van der Waals surface area contributed by atoms with E-state index in [-0.39, 0.29) is 5.91 Å². The van der Waals surface area contributed by atoms with Crippen molar-refractivity contribution >= 4 is 46.6 Å². The quantitative estimate of drug-likeness (QED) is 0.548. The first-order valence-corrected chi connectivity index (χ1v) is 9.79. The number of hydrogen-bond acceptors (Lipinski definition) is 6. The largest absolute Gasteiger partial charge is 0.368 e. The number of nitrogens with two attached hydrogens (primary N) is 1. The predicted octanol–water partition coefficient (Wildman–Crippen LogP) is 2.23. The zero-order chi connectivity index (χ0) is 12.8. The van der Waals surface area contributed by atoms with Crippen molar-refractivity contribution in [2.45, 2.75) is 18.6 Å². The van der Waals surface area contributed by atoms with Gasteiger partial charge in [-0.2, -0.15) is 0 Å². The highest BCUT2D eigenvalue weighted by Crippen LogP contribution is 2.59. The molecule has 0 aromatic rings. The van der Waals surface area contributed by atoms with Crippen molar-refractivity contribution in [3.63, 3.8) is 0 Å². The van der Waals surface area contributed by atoms with Gasteiger partial charge in [-0.15, -0.1) is 11.8 Å². The first-order valence-electron chi connectivity index (χ1n) is 4.57. The molecule has 8 heteroatoms. The monoisotopic (exact) mass is 303 g/mol. The zero-order valence-corrected chi connectivity index (χ0v) is 13.2. The van der Waals surface area contributed by atoms with Gasteiger partial charge in [0.1, 0.15) is 0 Å². The van der Waals surface area contributed by atoms with Crippen LogP contribution < -0.4 is 5.73 Å². The van der Waals surface area contributed by atoms with E-state index in [1.165, 1.54) is 23.1 Å². The van der Waals surface area contributed by atoms with Crippen molar-refractivity contribution in [3.05, 3.63) is 0 Å². The van der Waals surface area contributed by atoms with Crippen LogP contribution in [0.15, 0.2) is 0 Å². The third-order valence-corrected chi connectivity index (χ3v) is 9.26. The Morgan fingerprint density at radius 3 is 2.25 bits per heavy atom. The van der Waals surface area contributed by atoms with Crippen molar-refractivity contribution in [2.24, 2.45) is 5.73 Å². The van der Waals surface area contributed by atoms with Crippen molar-refractivity contribution < 1.29 is 13.8 Å². The van der Waals surface area contributed by atoms with Crippen LogP contribution in [0.5, 0.6) is 0 Å². The van der Waals surface area contributed by atoms with Crippen molar-refractivity contribution in [3.8, 4) is 0 Å². The lowest BCUT2D eigenvalue weighted by Crippen LogP contribution is -2.35. The minimum absolute atomic E-state index is 0.305. The maximum absolute atomic E-state index is 11.1. The van der Waals surface area contributed by atoms with E-state index in [2.05, 4.69) is 0 Å². The highest BCUT2D eigenvalue weighted by Gasteiger charge is 2.25. The van der Waals surface area contributed by atoms with E-state index >= 15 is 0 Å². The smallest absolute Gasteiger partial charge is 0.246 e. The molecule has 0 saturated carbocycles. The number of carbonyl (C=O) groups excluding carboxylic acids is 1. The van der Waals surface area contributed by atoms with E-state index in [4.69, 9.17) is 26.6 Å². The minimum Gasteiger partial charge on any atom is -0.368 e. The van der Waals surface area contributed by atoms with Gasteiger partial charge in [0.05, 0.1) is 4.75 Å². The van der Waals surface area contributed by atoms with Crippen molar-refractivity contribution in [1.82, 2.24) is 0 Å². The second-order valence-corrected chi connectivity index (χ2v) is 11.7. The van der Waals surface area contributed by atoms with Gasteiger partial charge in [-0.05, 0) is 25.7 Å². The molecule has 0 aliphatic rings. The Morgan fingerprint density at radius 1 is 1.38 bits per heavy atom. The van der Waals surface area contributed by atoms with E-state index in [9.17, 15) is 4.79 Å². The average Bonchev–Trinajstić information content (AvgIpc) is 2.24. The molecule has 0 unspecified atom stereocenters. The van der Waals surface area contributed by atoms with Crippen LogP contribution in [-0.4, -0.2) is 36.4 Å². The lowest BCUT2D eigenvalue weighted by molar-refractivity contribution is -0.119. The first-order chi connectivity index (χ1) is 7.27. The van der Waals surface area contributed by atoms with Crippen molar-refractivity contribution in [2.75, 3.05) is 25.7 Å². The fourth-order valence-electron chi connectivity index (χ4n) is 0.697. The van der Waals surface area contributed by atoms with Crippen LogP contribution in [-0.2, 0) is 25.6 Å². The van der Waals surface area contributed by atoms with Crippen LogP contribution in [0, 0.1) is 0 Å². The Hall–Kier alpha value is 0.740. The SMILES string of the molecule is COP(=S)(OC)SCCSC(C)(C)C(N)=O. The van der Waals surface area contributed by atoms with E-state index in [1.807, 2.05) is 13.8 Å². The molecule has 0 bridgehead atoms. The van der Waals surface area contributed by atoms with Crippen molar-refractivity contribution in [1.29, 1.82) is 0 Å². The van der Waals surface area contributed by atoms with Crippen LogP contribution in [0.3, 0.4) is 0 Å². The molecule has 0 aromatic carbocycles. The molecule has 0 atom stereocenters. The third kappa shape index (κ3) is 5.89. The summed E-state index contributed by atoms with van der Waals surface area (Å²) in [6.07, 6.45) is 0. The molecule has 0 aliphatic heterocycles. The molecule has 0 radical (unpaired) electrons. The summed E-state index contributed by atoms with van der Waals surface area (Å²) in [4.78, 5) is 11.1. The van der Waals surface area contributed by atoms with Crippen LogP contribution in [0.25, 0.3) is 0 Å². The van der Waals surface area contributed by atoms with Gasteiger partial charge < -0.3 is 14.8 Å². The number of thioether (sulfide) groups is 1. The Kier molecular flexibility index (Phi) is 7.57. The van der Waals surface area contributed by atoms with Crippen LogP contribution in [0.1, 0.15) is 13.8 Å². The van der Waals surface area contributed by atoms with E-state index in [1.54, 1.807) is 14.2 Å². The van der Waals surface area contributed by atoms with Gasteiger partial charge in [0, 0.05) is 25.7 Å². The molecule has 2 N–H and O–H groups in total. The summed E-state index contributed by atoms with van der Waals surface area (Å²) in [6, 6.07) is 0. The molecule has 0 aromatic heterocycles. The van der Waals surface area contributed by atoms with Crippen LogP contribution >= 0.6 is 28.8 Å². The number of primary amides is 1. The maximum Gasteiger partial charge on any atom is 0.246 e. The normalized spacial score (nSPS) is 12.8. The molecule has 4 nitrogen and oxygen atoms in total. The van der Waals surface area contributed by atoms with Gasteiger partial charge in [0.15, 0.2) is 0 Å². The third-order valence-electron chi connectivity index (χ3n) is 1.84. The lowest BCUT2D eigenvalue weighted by Gasteiger charge is -2.21. The van der Waals surface area contributed by atoms with Gasteiger partial charge in [-0.3, -0.25) is 4.79 Å². The molecule has 16 heavy (non-hydrogen) atoms. The van der Waals surface area contributed by atoms with Crippen LogP contribution in [0.2, 0.25) is 0 Å². The van der Waals surface area contributed by atoms with E-state index in [0.29, 0.717) is 0 Å². The molecule has 0 saturated heterocycles. The molecule has 96 valence electrons. The second-order valence-electron chi connectivity index (χ2n) is 3.37. The van der Waals surface area contributed by atoms with Gasteiger partial charge in [-0.25, -0.2) is 0 Å². The molecule has 0 rings (SSSR count). The first kappa shape index (κ1) is 16.7. The summed E-state index contributed by atoms with van der Waals surface area (Å²) in [5.74, 6) is 1.26. The summed E-state index contributed by atoms with van der Waals surface area (Å²) in [5, 5.41) is 0. The van der Waals surface area contributed by atoms with Gasteiger partial charge >= 0.3 is 0 Å². The molecule has 0 heterocycles. The second kappa shape index (κ2) is 7.24. The molecular formula is C8H18NO3PS3. The Bertz CT molecular complexity index is 278. The molecule has 0 fully saturated rings. The van der Waals surface area contributed by atoms with Crippen LogP contribution in [0.4, 0.5) is 0 Å². The summed E-state index contributed by atoms with van der Waals surface area (Å²) in [5.41, 5.74) is 3.09. The maximum atomic E-state index is 11.1. The number of carbonyl (C=O) groups is 1. The topological polar surface area (TPSA) is 61.6 Å². The van der Waals surface area contributed by atoms with Gasteiger partial charge in [-0.1, -0.05) is 11.4 Å². The molecule has 0 spiro atoms. The fraction of sp³-hybridized carbons (Fsp3) is 0.875. The highest BCUT2D eigenvalue weighted by molar-refractivity contribution is 8.68. The summed E-state index contributed by atoms with van der Waals surface area (Å²) >= 11 is 8.19. The molecule has 1 amide bonds. The minimum atomic E-state index is -2.17. The molecule has 0 aliphatic carbocycles. The Balaban J connectivity index is 3.93. The lowest BCUT2D eigenvalue weighted by atomic mass is 10.2. The average molecular weight is 303 g/mol. The number of hydrogen-bond donors (Lipinski definition) is 1. The molecular weight excluding hydrogens is 285 g/mol. The number of rotatable bonds is 8. The Labute approximate surface area is 110 Å². The summed E-state index contributed by atoms with van der Waals surface area (Å²) in [6.45, 7) is 3.63. The predicted molar refractivity (Wildman–Crippen MR) is 76.5 cm³/mol. The summed E-state index contributed by atoms with van der Waals surface area (Å²) < 4.78 is 9.73. The number of amides is 1. The highest BCUT2D eigenvalue weighted by atomic mass is 32.9. The summed E-state index contributed by atoms with van der Waals surface area (Å²) in [7, 11) is 3.11. The van der Waals surface area contributed by atoms with E-state index in [0.717, 1.165) is 11.5 Å². The van der Waals surface area contributed by atoms with Gasteiger partial charge in [0.25, 0.3) is 0 Å². The zero-order valence-electron chi connectivity index (χ0n) is 9.89. The Morgan fingerprint density at radius 2 is 1.88 bits per heavy atom. The van der Waals surface area contributed by atoms with E-state index < -0.39 is 10.4 Å². The fourth-order valence-corrected chi connectivity index (χ4v) is 5.21. The van der Waals surface area contributed by atoms with Gasteiger partial charge in [0.2, 0.25) is 11.6 Å². The standard InChI is InChI=1S/C8H18NO3PS3/c1-8(2,7(9)10)15-5-6-16-13(14,11-3)12-4/h5-6H2,1-4H3,(H2,9,10).